The summed E-state index contributed by atoms with van der Waals surface area (Å²) in [5, 5.41) is 6.37. The molecule has 1 heterocycles. The minimum absolute atomic E-state index is 0.00389. The van der Waals surface area contributed by atoms with Crippen LogP contribution in [0.4, 0.5) is 5.69 Å². The third-order valence-electron chi connectivity index (χ3n) is 3.51. The topological polar surface area (TPSA) is 92.5 Å². The van der Waals surface area contributed by atoms with Crippen molar-refractivity contribution in [3.05, 3.63) is 40.8 Å². The van der Waals surface area contributed by atoms with Crippen LogP contribution in [0.15, 0.2) is 27.6 Å². The molecular weight excluding hydrogens is 330 g/mol. The first-order chi connectivity index (χ1) is 11.1. The summed E-state index contributed by atoms with van der Waals surface area (Å²) in [7, 11) is -2.49. The van der Waals surface area contributed by atoms with Crippen molar-refractivity contribution in [3.63, 3.8) is 0 Å². The Morgan fingerprint density at radius 3 is 2.25 bits per heavy atom. The lowest BCUT2D eigenvalue weighted by molar-refractivity contribution is -0.116. The molecule has 0 radical (unpaired) electrons. The number of amides is 1. The van der Waals surface area contributed by atoms with Gasteiger partial charge in [-0.3, -0.25) is 4.79 Å². The van der Waals surface area contributed by atoms with Gasteiger partial charge in [-0.2, -0.15) is 4.31 Å². The smallest absolute Gasteiger partial charge is 0.248 e. The van der Waals surface area contributed by atoms with E-state index in [1.807, 2.05) is 32.0 Å². The van der Waals surface area contributed by atoms with Crippen molar-refractivity contribution in [2.24, 2.45) is 0 Å². The predicted octanol–water partition coefficient (Wildman–Crippen LogP) is 2.17. The molecule has 2 aromatic rings. The van der Waals surface area contributed by atoms with E-state index in [0.29, 0.717) is 5.69 Å². The van der Waals surface area contributed by atoms with E-state index < -0.39 is 15.9 Å². The van der Waals surface area contributed by atoms with Crippen molar-refractivity contribution < 1.29 is 17.7 Å². The molecule has 0 atom stereocenters. The summed E-state index contributed by atoms with van der Waals surface area (Å²) in [5.41, 5.74) is 2.94. The Hall–Kier alpha value is -2.19. The maximum absolute atomic E-state index is 12.6. The Morgan fingerprint density at radius 1 is 1.17 bits per heavy atom. The van der Waals surface area contributed by atoms with Gasteiger partial charge in [0.05, 0.1) is 6.54 Å². The van der Waals surface area contributed by atoms with Crippen LogP contribution in [0.2, 0.25) is 0 Å². The minimum atomic E-state index is -3.84. The molecule has 0 aliphatic heterocycles. The predicted molar refractivity (Wildman–Crippen MR) is 90.3 cm³/mol. The SMILES string of the molecule is Cc1cc(C)cc(NC(=O)CN(C)S(=O)(=O)c2c(C)noc2C)c1. The standard InChI is InChI=1S/C16H21N3O4S/c1-10-6-11(2)8-14(7-10)17-15(20)9-19(5)24(21,22)16-12(3)18-23-13(16)4/h6-8H,9H2,1-5H3,(H,17,20). The van der Waals surface area contributed by atoms with Gasteiger partial charge in [-0.05, 0) is 51.0 Å². The van der Waals surface area contributed by atoms with E-state index in [1.54, 1.807) is 6.92 Å². The number of benzene rings is 1. The number of nitrogens with one attached hydrogen (secondary N) is 1. The van der Waals surface area contributed by atoms with Gasteiger partial charge < -0.3 is 9.84 Å². The maximum atomic E-state index is 12.6. The fourth-order valence-corrected chi connectivity index (χ4v) is 3.94. The minimum Gasteiger partial charge on any atom is -0.360 e. The largest absolute Gasteiger partial charge is 0.360 e. The highest BCUT2D eigenvalue weighted by molar-refractivity contribution is 7.89. The van der Waals surface area contributed by atoms with Gasteiger partial charge in [0.2, 0.25) is 15.9 Å². The second-order valence-corrected chi connectivity index (χ2v) is 7.82. The van der Waals surface area contributed by atoms with Gasteiger partial charge in [0, 0.05) is 12.7 Å². The molecule has 2 rings (SSSR count). The molecule has 1 N–H and O–H groups in total. The van der Waals surface area contributed by atoms with Crippen LogP contribution in [-0.2, 0) is 14.8 Å². The van der Waals surface area contributed by atoms with Crippen LogP contribution in [0.25, 0.3) is 0 Å². The van der Waals surface area contributed by atoms with Gasteiger partial charge >= 0.3 is 0 Å². The summed E-state index contributed by atoms with van der Waals surface area (Å²) in [5.74, 6) is -0.216. The van der Waals surface area contributed by atoms with Gasteiger partial charge in [0.1, 0.15) is 10.6 Å². The molecule has 130 valence electrons. The van der Waals surface area contributed by atoms with E-state index in [0.717, 1.165) is 15.4 Å². The van der Waals surface area contributed by atoms with Crippen LogP contribution < -0.4 is 5.32 Å². The molecular formula is C16H21N3O4S. The van der Waals surface area contributed by atoms with E-state index >= 15 is 0 Å². The summed E-state index contributed by atoms with van der Waals surface area (Å²) in [4.78, 5) is 12.2. The number of sulfonamides is 1. The molecule has 0 spiro atoms. The van der Waals surface area contributed by atoms with Crippen molar-refractivity contribution in [1.29, 1.82) is 0 Å². The van der Waals surface area contributed by atoms with Crippen molar-refractivity contribution in [1.82, 2.24) is 9.46 Å². The molecule has 1 amide bonds. The number of likely N-dealkylation sites (N-methyl/N-ethyl adjacent to an activating group) is 1. The first kappa shape index (κ1) is 18.2. The van der Waals surface area contributed by atoms with Gasteiger partial charge in [-0.15, -0.1) is 0 Å². The van der Waals surface area contributed by atoms with Gasteiger partial charge in [0.25, 0.3) is 0 Å². The highest BCUT2D eigenvalue weighted by Crippen LogP contribution is 2.22. The van der Waals surface area contributed by atoms with Crippen LogP contribution in [0.1, 0.15) is 22.6 Å². The van der Waals surface area contributed by atoms with E-state index in [2.05, 4.69) is 10.5 Å². The number of carbonyl (C=O) groups excluding carboxylic acids is 1. The first-order valence-corrected chi connectivity index (χ1v) is 8.82. The summed E-state index contributed by atoms with van der Waals surface area (Å²) < 4.78 is 31.0. The molecule has 0 aliphatic carbocycles. The van der Waals surface area contributed by atoms with Gasteiger partial charge in [-0.1, -0.05) is 11.2 Å². The third-order valence-corrected chi connectivity index (χ3v) is 5.56. The quantitative estimate of drug-likeness (QED) is 0.891. The van der Waals surface area contributed by atoms with Crippen molar-refractivity contribution in [2.75, 3.05) is 18.9 Å². The van der Waals surface area contributed by atoms with Gasteiger partial charge in [0.15, 0.2) is 5.76 Å². The zero-order valence-corrected chi connectivity index (χ0v) is 15.2. The number of aromatic nitrogens is 1. The summed E-state index contributed by atoms with van der Waals surface area (Å²) >= 11 is 0. The summed E-state index contributed by atoms with van der Waals surface area (Å²) in [6, 6.07) is 5.64. The van der Waals surface area contributed by atoms with Crippen molar-refractivity contribution in [2.45, 2.75) is 32.6 Å². The monoisotopic (exact) mass is 351 g/mol. The highest BCUT2D eigenvalue weighted by Gasteiger charge is 2.29. The van der Waals surface area contributed by atoms with E-state index in [-0.39, 0.29) is 22.9 Å². The molecule has 0 unspecified atom stereocenters. The van der Waals surface area contributed by atoms with Crippen LogP contribution in [0.3, 0.4) is 0 Å². The van der Waals surface area contributed by atoms with Crippen molar-refractivity contribution in [3.8, 4) is 0 Å². The zero-order valence-electron chi connectivity index (χ0n) is 14.4. The molecule has 0 aliphatic rings. The lowest BCUT2D eigenvalue weighted by Gasteiger charge is -2.16. The Bertz CT molecular complexity index is 832. The number of rotatable bonds is 5. The van der Waals surface area contributed by atoms with Crippen LogP contribution >= 0.6 is 0 Å². The molecule has 0 bridgehead atoms. The molecule has 0 saturated carbocycles. The summed E-state index contributed by atoms with van der Waals surface area (Å²) in [6.45, 7) is 6.62. The van der Waals surface area contributed by atoms with Crippen molar-refractivity contribution >= 4 is 21.6 Å². The number of anilines is 1. The number of nitrogens with zero attached hydrogens (tertiary/aromatic N) is 2. The lowest BCUT2D eigenvalue weighted by atomic mass is 10.1. The molecule has 0 fully saturated rings. The number of aryl methyl sites for hydroxylation is 4. The molecule has 8 heteroatoms. The molecule has 1 aromatic heterocycles. The average Bonchev–Trinajstić information content (AvgIpc) is 2.77. The second kappa shape index (κ2) is 6.74. The molecule has 1 aromatic carbocycles. The third kappa shape index (κ3) is 3.82. The molecule has 0 saturated heterocycles. The first-order valence-electron chi connectivity index (χ1n) is 7.38. The normalized spacial score (nSPS) is 11.8. The maximum Gasteiger partial charge on any atom is 0.248 e. The fourth-order valence-electron chi connectivity index (χ4n) is 2.53. The zero-order chi connectivity index (χ0) is 18.1. The summed E-state index contributed by atoms with van der Waals surface area (Å²) in [6.07, 6.45) is 0. The molecule has 7 nitrogen and oxygen atoms in total. The van der Waals surface area contributed by atoms with E-state index in [1.165, 1.54) is 14.0 Å². The van der Waals surface area contributed by atoms with Gasteiger partial charge in [-0.25, -0.2) is 8.42 Å². The van der Waals surface area contributed by atoms with Crippen LogP contribution in [0.5, 0.6) is 0 Å². The lowest BCUT2D eigenvalue weighted by Crippen LogP contribution is -2.35. The number of carbonyl (C=O) groups is 1. The highest BCUT2D eigenvalue weighted by atomic mass is 32.2. The molecule has 24 heavy (non-hydrogen) atoms. The number of hydrogen-bond acceptors (Lipinski definition) is 5. The Morgan fingerprint density at radius 2 is 1.75 bits per heavy atom. The Labute approximate surface area is 141 Å². The second-order valence-electron chi connectivity index (χ2n) is 5.84. The Balaban J connectivity index is 2.14. The fraction of sp³-hybridized carbons (Fsp3) is 0.375. The Kier molecular flexibility index (Phi) is 5.10. The number of hydrogen-bond donors (Lipinski definition) is 1. The average molecular weight is 351 g/mol. The van der Waals surface area contributed by atoms with E-state index in [9.17, 15) is 13.2 Å². The van der Waals surface area contributed by atoms with Crippen LogP contribution in [-0.4, -0.2) is 37.4 Å². The van der Waals surface area contributed by atoms with E-state index in [4.69, 9.17) is 4.52 Å². The van der Waals surface area contributed by atoms with Crippen LogP contribution in [0, 0.1) is 27.7 Å².